The van der Waals surface area contributed by atoms with E-state index in [-0.39, 0.29) is 5.91 Å². The monoisotopic (exact) mass is 216 g/mol. The summed E-state index contributed by atoms with van der Waals surface area (Å²) >= 11 is 4.06. The van der Waals surface area contributed by atoms with Crippen molar-refractivity contribution in [2.45, 2.75) is 32.2 Å². The van der Waals surface area contributed by atoms with E-state index in [1.807, 2.05) is 4.90 Å². The molecule has 0 atom stereocenters. The standard InChI is InChI=1S/C10H20N2OS/c1-2-7-12(10(13)8-14)9-3-5-11-6-4-9/h9,11,14H,2-8H2,1H3. The van der Waals surface area contributed by atoms with Gasteiger partial charge in [-0.15, -0.1) is 0 Å². The van der Waals surface area contributed by atoms with E-state index in [2.05, 4.69) is 24.9 Å². The zero-order valence-electron chi connectivity index (χ0n) is 8.83. The predicted octanol–water partition coefficient (Wildman–Crippen LogP) is 0.907. The van der Waals surface area contributed by atoms with Crippen LogP contribution in [0.25, 0.3) is 0 Å². The summed E-state index contributed by atoms with van der Waals surface area (Å²) in [5, 5.41) is 3.31. The summed E-state index contributed by atoms with van der Waals surface area (Å²) in [5.74, 6) is 0.520. The quantitative estimate of drug-likeness (QED) is 0.685. The summed E-state index contributed by atoms with van der Waals surface area (Å²) in [4.78, 5) is 13.6. The topological polar surface area (TPSA) is 32.3 Å². The molecule has 1 saturated heterocycles. The maximum atomic E-state index is 11.6. The first-order chi connectivity index (χ1) is 6.79. The lowest BCUT2D eigenvalue weighted by atomic mass is 10.0. The minimum atomic E-state index is 0.182. The summed E-state index contributed by atoms with van der Waals surface area (Å²) in [6, 6.07) is 0.441. The highest BCUT2D eigenvalue weighted by atomic mass is 32.1. The lowest BCUT2D eigenvalue weighted by Crippen LogP contribution is -2.47. The third kappa shape index (κ3) is 3.17. The van der Waals surface area contributed by atoms with Gasteiger partial charge in [0.1, 0.15) is 0 Å². The lowest BCUT2D eigenvalue weighted by molar-refractivity contribution is -0.131. The molecule has 1 fully saturated rings. The minimum absolute atomic E-state index is 0.182. The number of hydrogen-bond acceptors (Lipinski definition) is 3. The van der Waals surface area contributed by atoms with Crippen LogP contribution in [0.15, 0.2) is 0 Å². The molecule has 0 saturated carbocycles. The van der Waals surface area contributed by atoms with Crippen molar-refractivity contribution in [1.29, 1.82) is 0 Å². The highest BCUT2D eigenvalue weighted by molar-refractivity contribution is 7.81. The van der Waals surface area contributed by atoms with Crippen LogP contribution in [0.4, 0.5) is 0 Å². The highest BCUT2D eigenvalue weighted by Crippen LogP contribution is 2.12. The number of amides is 1. The second kappa shape index (κ2) is 6.30. The number of thiol groups is 1. The number of nitrogens with one attached hydrogen (secondary N) is 1. The second-order valence-corrected chi connectivity index (χ2v) is 4.04. The molecule has 82 valence electrons. The van der Waals surface area contributed by atoms with E-state index in [0.29, 0.717) is 11.8 Å². The van der Waals surface area contributed by atoms with E-state index >= 15 is 0 Å². The fraction of sp³-hybridized carbons (Fsp3) is 0.900. The molecule has 1 aliphatic rings. The molecular formula is C10H20N2OS. The van der Waals surface area contributed by atoms with Gasteiger partial charge in [0.15, 0.2) is 0 Å². The Bertz CT molecular complexity index is 181. The average Bonchev–Trinajstić information content (AvgIpc) is 2.26. The van der Waals surface area contributed by atoms with Crippen LogP contribution in [-0.2, 0) is 4.79 Å². The number of carbonyl (C=O) groups is 1. The van der Waals surface area contributed by atoms with Gasteiger partial charge in [-0.25, -0.2) is 0 Å². The molecule has 0 aromatic carbocycles. The van der Waals surface area contributed by atoms with Crippen molar-refractivity contribution in [3.05, 3.63) is 0 Å². The molecule has 0 spiro atoms. The van der Waals surface area contributed by atoms with Gasteiger partial charge in [0.2, 0.25) is 5.91 Å². The van der Waals surface area contributed by atoms with Gasteiger partial charge >= 0.3 is 0 Å². The molecule has 1 heterocycles. The first-order valence-corrected chi connectivity index (χ1v) is 6.04. The van der Waals surface area contributed by atoms with Crippen molar-refractivity contribution >= 4 is 18.5 Å². The zero-order chi connectivity index (χ0) is 10.4. The van der Waals surface area contributed by atoms with E-state index in [1.54, 1.807) is 0 Å². The Morgan fingerprint density at radius 3 is 2.64 bits per heavy atom. The second-order valence-electron chi connectivity index (χ2n) is 3.73. The highest BCUT2D eigenvalue weighted by Gasteiger charge is 2.23. The third-order valence-corrected chi connectivity index (χ3v) is 2.94. The Labute approximate surface area is 91.6 Å². The van der Waals surface area contributed by atoms with Crippen LogP contribution in [-0.4, -0.2) is 42.2 Å². The summed E-state index contributed by atoms with van der Waals surface area (Å²) in [6.45, 7) is 5.05. The molecule has 1 amide bonds. The largest absolute Gasteiger partial charge is 0.339 e. The molecule has 0 unspecified atom stereocenters. The van der Waals surface area contributed by atoms with E-state index < -0.39 is 0 Å². The number of rotatable bonds is 4. The number of carbonyl (C=O) groups excluding carboxylic acids is 1. The van der Waals surface area contributed by atoms with E-state index in [9.17, 15) is 4.79 Å². The normalized spacial score (nSPS) is 18.1. The molecule has 1 rings (SSSR count). The van der Waals surface area contributed by atoms with Crippen molar-refractivity contribution < 1.29 is 4.79 Å². The maximum absolute atomic E-state index is 11.6. The third-order valence-electron chi connectivity index (χ3n) is 2.67. The molecule has 1 aliphatic heterocycles. The van der Waals surface area contributed by atoms with Gasteiger partial charge in [-0.1, -0.05) is 6.92 Å². The van der Waals surface area contributed by atoms with Gasteiger partial charge in [0.05, 0.1) is 5.75 Å². The van der Waals surface area contributed by atoms with E-state index in [0.717, 1.165) is 38.9 Å². The Hall–Kier alpha value is -0.220. The molecule has 0 aromatic rings. The van der Waals surface area contributed by atoms with Crippen molar-refractivity contribution in [2.24, 2.45) is 0 Å². The zero-order valence-corrected chi connectivity index (χ0v) is 9.72. The summed E-state index contributed by atoms with van der Waals surface area (Å²) in [5.41, 5.74) is 0. The van der Waals surface area contributed by atoms with Gasteiger partial charge < -0.3 is 10.2 Å². The fourth-order valence-corrected chi connectivity index (χ4v) is 2.14. The van der Waals surface area contributed by atoms with Gasteiger partial charge in [-0.05, 0) is 32.4 Å². The van der Waals surface area contributed by atoms with Gasteiger partial charge in [0.25, 0.3) is 0 Å². The van der Waals surface area contributed by atoms with E-state index in [1.165, 1.54) is 0 Å². The van der Waals surface area contributed by atoms with Crippen molar-refractivity contribution in [2.75, 3.05) is 25.4 Å². The molecule has 0 aliphatic carbocycles. The number of piperidine rings is 1. The van der Waals surface area contributed by atoms with Crippen LogP contribution in [0, 0.1) is 0 Å². The van der Waals surface area contributed by atoms with Crippen LogP contribution in [0.1, 0.15) is 26.2 Å². The maximum Gasteiger partial charge on any atom is 0.232 e. The first kappa shape index (κ1) is 11.9. The molecule has 4 heteroatoms. The fourth-order valence-electron chi connectivity index (χ4n) is 1.96. The smallest absolute Gasteiger partial charge is 0.232 e. The number of hydrogen-bond donors (Lipinski definition) is 2. The molecule has 14 heavy (non-hydrogen) atoms. The minimum Gasteiger partial charge on any atom is -0.339 e. The Balaban J connectivity index is 2.50. The van der Waals surface area contributed by atoms with Gasteiger partial charge in [-0.3, -0.25) is 4.79 Å². The van der Waals surface area contributed by atoms with Crippen molar-refractivity contribution in [1.82, 2.24) is 10.2 Å². The summed E-state index contributed by atoms with van der Waals surface area (Å²) < 4.78 is 0. The van der Waals surface area contributed by atoms with Crippen molar-refractivity contribution in [3.63, 3.8) is 0 Å². The van der Waals surface area contributed by atoms with Crippen molar-refractivity contribution in [3.8, 4) is 0 Å². The van der Waals surface area contributed by atoms with E-state index in [4.69, 9.17) is 0 Å². The van der Waals surface area contributed by atoms with Crippen LogP contribution in [0.5, 0.6) is 0 Å². The van der Waals surface area contributed by atoms with Gasteiger partial charge in [-0.2, -0.15) is 12.6 Å². The summed E-state index contributed by atoms with van der Waals surface area (Å²) in [7, 11) is 0. The molecular weight excluding hydrogens is 196 g/mol. The molecule has 0 radical (unpaired) electrons. The Kier molecular flexibility index (Phi) is 5.33. The van der Waals surface area contributed by atoms with Crippen LogP contribution in [0.3, 0.4) is 0 Å². The number of nitrogens with zero attached hydrogens (tertiary/aromatic N) is 1. The molecule has 0 aromatic heterocycles. The summed E-state index contributed by atoms with van der Waals surface area (Å²) in [6.07, 6.45) is 3.20. The molecule has 1 N–H and O–H groups in total. The SMILES string of the molecule is CCCN(C(=O)CS)C1CCNCC1. The Morgan fingerprint density at radius 2 is 2.14 bits per heavy atom. The molecule has 0 bridgehead atoms. The predicted molar refractivity (Wildman–Crippen MR) is 61.7 cm³/mol. The van der Waals surface area contributed by atoms with Crippen LogP contribution < -0.4 is 5.32 Å². The lowest BCUT2D eigenvalue weighted by Gasteiger charge is -2.34. The van der Waals surface area contributed by atoms with Crippen LogP contribution >= 0.6 is 12.6 Å². The Morgan fingerprint density at radius 1 is 1.50 bits per heavy atom. The average molecular weight is 216 g/mol. The van der Waals surface area contributed by atoms with Gasteiger partial charge in [0, 0.05) is 12.6 Å². The first-order valence-electron chi connectivity index (χ1n) is 5.40. The van der Waals surface area contributed by atoms with Crippen LogP contribution in [0.2, 0.25) is 0 Å². The molecule has 3 nitrogen and oxygen atoms in total.